The van der Waals surface area contributed by atoms with Crippen molar-refractivity contribution in [3.05, 3.63) is 12.2 Å². The molecule has 0 radical (unpaired) electrons. The van der Waals surface area contributed by atoms with E-state index in [0.29, 0.717) is 19.4 Å². The lowest BCUT2D eigenvalue weighted by Gasteiger charge is -2.14. The Morgan fingerprint density at radius 1 is 1.67 bits per heavy atom. The van der Waals surface area contributed by atoms with Crippen LogP contribution in [-0.4, -0.2) is 32.2 Å². The molecule has 1 amide bonds. The Balaban J connectivity index is 2.40. The predicted octanol–water partition coefficient (Wildman–Crippen LogP) is 0.176. The van der Waals surface area contributed by atoms with Crippen molar-refractivity contribution in [1.29, 1.82) is 0 Å². The largest absolute Gasteiger partial charge is 0.393 e. The molecule has 7 heteroatoms. The molecule has 100 valence electrons. The van der Waals surface area contributed by atoms with Crippen molar-refractivity contribution in [2.24, 2.45) is 18.7 Å². The fraction of sp³-hybridized carbons (Fsp3) is 0.636. The first kappa shape index (κ1) is 14.6. The molecule has 0 saturated heterocycles. The summed E-state index contributed by atoms with van der Waals surface area (Å²) in [6, 6.07) is 0. The summed E-state index contributed by atoms with van der Waals surface area (Å²) in [7, 11) is 1.87. The number of hydrogen-bond acceptors (Lipinski definition) is 4. The molecule has 0 aliphatic heterocycles. The van der Waals surface area contributed by atoms with Gasteiger partial charge < -0.3 is 15.6 Å². The van der Waals surface area contributed by atoms with Crippen LogP contribution in [-0.2, 0) is 18.3 Å². The highest BCUT2D eigenvalue weighted by Gasteiger charge is 2.19. The molecule has 0 aliphatic carbocycles. The van der Waals surface area contributed by atoms with E-state index in [1.54, 1.807) is 6.33 Å². The molecule has 1 aromatic heterocycles. The third kappa shape index (κ3) is 4.06. The number of nitrogens with one attached hydrogen (secondary N) is 1. The van der Waals surface area contributed by atoms with Crippen LogP contribution in [0.4, 0.5) is 0 Å². The first-order valence-electron chi connectivity index (χ1n) is 5.96. The van der Waals surface area contributed by atoms with Crippen LogP contribution >= 0.6 is 12.2 Å². The Morgan fingerprint density at radius 3 is 2.89 bits per heavy atom. The summed E-state index contributed by atoms with van der Waals surface area (Å²) < 4.78 is 1.82. The van der Waals surface area contributed by atoms with Gasteiger partial charge in [-0.05, 0) is 6.42 Å². The maximum absolute atomic E-state index is 11.9. The van der Waals surface area contributed by atoms with Gasteiger partial charge in [-0.25, -0.2) is 0 Å². The summed E-state index contributed by atoms with van der Waals surface area (Å²) in [6.07, 6.45) is 3.83. The zero-order chi connectivity index (χ0) is 13.5. The number of thiocarbonyl (C=S) groups is 1. The van der Waals surface area contributed by atoms with Gasteiger partial charge in [0.25, 0.3) is 0 Å². The summed E-state index contributed by atoms with van der Waals surface area (Å²) in [6.45, 7) is 2.51. The number of carbonyl (C=O) groups excluding carboxylic acids is 1. The van der Waals surface area contributed by atoms with Crippen LogP contribution < -0.4 is 11.1 Å². The first-order chi connectivity index (χ1) is 8.56. The summed E-state index contributed by atoms with van der Waals surface area (Å²) in [5.74, 6) is 0.355. The molecule has 18 heavy (non-hydrogen) atoms. The molecule has 0 aromatic carbocycles. The Bertz CT molecular complexity index is 417. The standard InChI is InChI=1S/C11H19N5OS/c1-3-4-8(10(12)18)11(17)13-6-5-9-15-14-7-16(9)2/h7-8H,3-6H2,1-2H3,(H2,12,18)(H,13,17). The van der Waals surface area contributed by atoms with E-state index in [4.69, 9.17) is 18.0 Å². The number of nitrogens with two attached hydrogens (primary N) is 1. The zero-order valence-electron chi connectivity index (χ0n) is 10.7. The minimum Gasteiger partial charge on any atom is -0.393 e. The van der Waals surface area contributed by atoms with Crippen LogP contribution in [0.3, 0.4) is 0 Å². The number of nitrogens with zero attached hydrogens (tertiary/aromatic N) is 3. The van der Waals surface area contributed by atoms with Gasteiger partial charge in [0, 0.05) is 20.0 Å². The molecule has 1 rings (SSSR count). The van der Waals surface area contributed by atoms with Gasteiger partial charge in [-0.15, -0.1) is 10.2 Å². The number of aryl methyl sites for hydroxylation is 1. The van der Waals surface area contributed by atoms with E-state index in [0.717, 1.165) is 12.2 Å². The molecule has 3 N–H and O–H groups in total. The molecule has 0 bridgehead atoms. The highest BCUT2D eigenvalue weighted by molar-refractivity contribution is 7.80. The van der Waals surface area contributed by atoms with Gasteiger partial charge in [0.05, 0.1) is 10.9 Å². The normalized spacial score (nSPS) is 12.1. The fourth-order valence-electron chi connectivity index (χ4n) is 1.65. The van der Waals surface area contributed by atoms with Gasteiger partial charge in [0.15, 0.2) is 0 Å². The van der Waals surface area contributed by atoms with Crippen LogP contribution in [0.25, 0.3) is 0 Å². The van der Waals surface area contributed by atoms with Gasteiger partial charge >= 0.3 is 0 Å². The molecule has 1 heterocycles. The summed E-state index contributed by atoms with van der Waals surface area (Å²) in [5, 5.41) is 10.5. The Morgan fingerprint density at radius 2 is 2.39 bits per heavy atom. The zero-order valence-corrected chi connectivity index (χ0v) is 11.5. The first-order valence-corrected chi connectivity index (χ1v) is 6.37. The van der Waals surface area contributed by atoms with E-state index >= 15 is 0 Å². The maximum atomic E-state index is 11.9. The van der Waals surface area contributed by atoms with E-state index in [-0.39, 0.29) is 16.8 Å². The second-order valence-corrected chi connectivity index (χ2v) is 4.61. The van der Waals surface area contributed by atoms with Crippen molar-refractivity contribution in [1.82, 2.24) is 20.1 Å². The molecule has 6 nitrogen and oxygen atoms in total. The highest BCUT2D eigenvalue weighted by Crippen LogP contribution is 2.06. The lowest BCUT2D eigenvalue weighted by Crippen LogP contribution is -2.38. The molecule has 0 saturated carbocycles. The third-order valence-electron chi connectivity index (χ3n) is 2.69. The van der Waals surface area contributed by atoms with Gasteiger partial charge in [0.1, 0.15) is 12.2 Å². The lowest BCUT2D eigenvalue weighted by molar-refractivity contribution is -0.123. The van der Waals surface area contributed by atoms with Crippen molar-refractivity contribution in [3.63, 3.8) is 0 Å². The summed E-state index contributed by atoms with van der Waals surface area (Å²) >= 11 is 4.90. The molecule has 1 aromatic rings. The molecule has 0 spiro atoms. The minimum absolute atomic E-state index is 0.105. The van der Waals surface area contributed by atoms with Crippen molar-refractivity contribution in [2.75, 3.05) is 6.54 Å². The second-order valence-electron chi connectivity index (χ2n) is 4.14. The number of rotatable bonds is 7. The van der Waals surface area contributed by atoms with Crippen LogP contribution in [0.2, 0.25) is 0 Å². The molecule has 0 fully saturated rings. The molecular formula is C11H19N5OS. The number of hydrogen-bond donors (Lipinski definition) is 2. The average Bonchev–Trinajstić information content (AvgIpc) is 2.71. The predicted molar refractivity (Wildman–Crippen MR) is 72.9 cm³/mol. The fourth-order valence-corrected chi connectivity index (χ4v) is 1.87. The summed E-state index contributed by atoms with van der Waals surface area (Å²) in [5.41, 5.74) is 5.56. The van der Waals surface area contributed by atoms with Crippen molar-refractivity contribution in [3.8, 4) is 0 Å². The second kappa shape index (κ2) is 7.05. The monoisotopic (exact) mass is 269 g/mol. The Kier molecular flexibility index (Phi) is 5.70. The average molecular weight is 269 g/mol. The molecule has 1 atom stereocenters. The van der Waals surface area contributed by atoms with Crippen molar-refractivity contribution >= 4 is 23.1 Å². The van der Waals surface area contributed by atoms with Crippen molar-refractivity contribution < 1.29 is 4.79 Å². The van der Waals surface area contributed by atoms with Gasteiger partial charge in [-0.1, -0.05) is 25.6 Å². The van der Waals surface area contributed by atoms with E-state index in [2.05, 4.69) is 15.5 Å². The van der Waals surface area contributed by atoms with Crippen molar-refractivity contribution in [2.45, 2.75) is 26.2 Å². The Labute approximate surface area is 112 Å². The number of aromatic nitrogens is 3. The van der Waals surface area contributed by atoms with Gasteiger partial charge in [-0.2, -0.15) is 0 Å². The van der Waals surface area contributed by atoms with Gasteiger partial charge in [-0.3, -0.25) is 4.79 Å². The highest BCUT2D eigenvalue weighted by atomic mass is 32.1. The van der Waals surface area contributed by atoms with Crippen LogP contribution in [0.1, 0.15) is 25.6 Å². The van der Waals surface area contributed by atoms with E-state index in [1.165, 1.54) is 0 Å². The lowest BCUT2D eigenvalue weighted by atomic mass is 10.0. The maximum Gasteiger partial charge on any atom is 0.229 e. The van der Waals surface area contributed by atoms with Crippen LogP contribution in [0, 0.1) is 5.92 Å². The van der Waals surface area contributed by atoms with Crippen LogP contribution in [0.15, 0.2) is 6.33 Å². The van der Waals surface area contributed by atoms with Gasteiger partial charge in [0.2, 0.25) is 5.91 Å². The SMILES string of the molecule is CCCC(C(=O)NCCc1nncn1C)C(N)=S. The topological polar surface area (TPSA) is 85.8 Å². The smallest absolute Gasteiger partial charge is 0.229 e. The van der Waals surface area contributed by atoms with E-state index < -0.39 is 0 Å². The van der Waals surface area contributed by atoms with E-state index in [9.17, 15) is 4.79 Å². The molecule has 1 unspecified atom stereocenters. The minimum atomic E-state index is -0.371. The Hall–Kier alpha value is -1.50. The number of carbonyl (C=O) groups is 1. The molecular weight excluding hydrogens is 250 g/mol. The quantitative estimate of drug-likeness (QED) is 0.689. The number of amides is 1. The van der Waals surface area contributed by atoms with E-state index in [1.807, 2.05) is 18.5 Å². The third-order valence-corrected chi connectivity index (χ3v) is 2.97. The molecule has 0 aliphatic rings. The van der Waals surface area contributed by atoms with Crippen LogP contribution in [0.5, 0.6) is 0 Å². The summed E-state index contributed by atoms with van der Waals surface area (Å²) in [4.78, 5) is 12.1.